The second-order valence-corrected chi connectivity index (χ2v) is 4.83. The van der Waals surface area contributed by atoms with Gasteiger partial charge in [0.25, 0.3) is 5.56 Å². The molecule has 1 aromatic carbocycles. The fourth-order valence-electron chi connectivity index (χ4n) is 2.57. The van der Waals surface area contributed by atoms with Crippen LogP contribution in [0.1, 0.15) is 24.7 Å². The first kappa shape index (κ1) is 12.4. The van der Waals surface area contributed by atoms with E-state index in [0.717, 1.165) is 24.9 Å². The molecule has 1 aliphatic heterocycles. The largest absolute Gasteiger partial charge is 0.308 e. The molecule has 1 aliphatic rings. The molecule has 1 atom stereocenters. The lowest BCUT2D eigenvalue weighted by Crippen LogP contribution is -2.23. The standard InChI is InChI=1S/C15H14N4O/c16-10-19-8-4-7-13(19)14-17-9-12(15(20)18-14)11-5-2-1-3-6-11/h1-3,5-6,9,13H,4,7-8H2,(H,17,18,20). The highest BCUT2D eigenvalue weighted by Crippen LogP contribution is 2.28. The number of aromatic amines is 1. The Morgan fingerprint density at radius 3 is 2.85 bits per heavy atom. The fourth-order valence-corrected chi connectivity index (χ4v) is 2.57. The average Bonchev–Trinajstić information content (AvgIpc) is 2.96. The molecule has 0 bridgehead atoms. The lowest BCUT2D eigenvalue weighted by atomic mass is 10.1. The summed E-state index contributed by atoms with van der Waals surface area (Å²) in [6.07, 6.45) is 5.54. The molecule has 2 aromatic rings. The van der Waals surface area contributed by atoms with Gasteiger partial charge in [-0.3, -0.25) is 4.79 Å². The van der Waals surface area contributed by atoms with E-state index in [0.29, 0.717) is 11.4 Å². The molecule has 20 heavy (non-hydrogen) atoms. The van der Waals surface area contributed by atoms with Crippen molar-refractivity contribution in [1.82, 2.24) is 14.9 Å². The van der Waals surface area contributed by atoms with Gasteiger partial charge in [0.05, 0.1) is 11.6 Å². The quantitative estimate of drug-likeness (QED) is 0.844. The second kappa shape index (κ2) is 5.17. The summed E-state index contributed by atoms with van der Waals surface area (Å²) in [6, 6.07) is 9.33. The second-order valence-electron chi connectivity index (χ2n) is 4.83. The summed E-state index contributed by atoms with van der Waals surface area (Å²) >= 11 is 0. The van der Waals surface area contributed by atoms with Crippen molar-refractivity contribution >= 4 is 0 Å². The summed E-state index contributed by atoms with van der Waals surface area (Å²) in [6.45, 7) is 0.727. The Bertz CT molecular complexity index is 702. The van der Waals surface area contributed by atoms with Crippen LogP contribution in [0.5, 0.6) is 0 Å². The Hall–Kier alpha value is -2.61. The van der Waals surface area contributed by atoms with E-state index in [1.54, 1.807) is 11.1 Å². The van der Waals surface area contributed by atoms with Crippen LogP contribution in [0.15, 0.2) is 41.3 Å². The number of aromatic nitrogens is 2. The minimum atomic E-state index is -0.161. The molecular weight excluding hydrogens is 252 g/mol. The van der Waals surface area contributed by atoms with Crippen molar-refractivity contribution in [1.29, 1.82) is 5.26 Å². The number of likely N-dealkylation sites (tertiary alicyclic amines) is 1. The number of nitrogens with one attached hydrogen (secondary N) is 1. The SMILES string of the molecule is N#CN1CCCC1c1ncc(-c2ccccc2)c(=O)[nH]1. The maximum absolute atomic E-state index is 12.2. The smallest absolute Gasteiger partial charge is 0.258 e. The molecule has 0 aliphatic carbocycles. The number of rotatable bonds is 2. The molecule has 5 nitrogen and oxygen atoms in total. The molecular formula is C15H14N4O. The third-order valence-electron chi connectivity index (χ3n) is 3.60. The van der Waals surface area contributed by atoms with E-state index >= 15 is 0 Å². The molecule has 0 spiro atoms. The zero-order valence-corrected chi connectivity index (χ0v) is 10.9. The first-order valence-electron chi connectivity index (χ1n) is 6.60. The van der Waals surface area contributed by atoms with Crippen LogP contribution >= 0.6 is 0 Å². The van der Waals surface area contributed by atoms with Gasteiger partial charge in [-0.05, 0) is 18.4 Å². The van der Waals surface area contributed by atoms with E-state index in [1.807, 2.05) is 30.3 Å². The first-order valence-corrected chi connectivity index (χ1v) is 6.60. The van der Waals surface area contributed by atoms with Crippen LogP contribution in [0.3, 0.4) is 0 Å². The van der Waals surface area contributed by atoms with Crippen LogP contribution in [0.25, 0.3) is 11.1 Å². The van der Waals surface area contributed by atoms with Gasteiger partial charge in [-0.2, -0.15) is 5.26 Å². The van der Waals surface area contributed by atoms with Gasteiger partial charge in [0.1, 0.15) is 5.82 Å². The van der Waals surface area contributed by atoms with Gasteiger partial charge >= 0.3 is 0 Å². The highest BCUT2D eigenvalue weighted by molar-refractivity contribution is 5.60. The predicted octanol–water partition coefficient (Wildman–Crippen LogP) is 2.05. The minimum absolute atomic E-state index is 0.0995. The normalized spacial score (nSPS) is 17.9. The fraction of sp³-hybridized carbons (Fsp3) is 0.267. The molecule has 1 fully saturated rings. The zero-order valence-electron chi connectivity index (χ0n) is 10.9. The van der Waals surface area contributed by atoms with E-state index < -0.39 is 0 Å². The minimum Gasteiger partial charge on any atom is -0.308 e. The summed E-state index contributed by atoms with van der Waals surface area (Å²) in [5.74, 6) is 0.578. The summed E-state index contributed by atoms with van der Waals surface area (Å²) in [5, 5.41) is 9.06. The van der Waals surface area contributed by atoms with Crippen molar-refractivity contribution < 1.29 is 0 Å². The molecule has 1 N–H and O–H groups in total. The molecule has 1 saturated heterocycles. The van der Waals surface area contributed by atoms with Gasteiger partial charge in [0.15, 0.2) is 6.19 Å². The molecule has 0 radical (unpaired) electrons. The Labute approximate surface area is 116 Å². The third kappa shape index (κ3) is 2.16. The molecule has 2 heterocycles. The van der Waals surface area contributed by atoms with Crippen LogP contribution in [-0.2, 0) is 0 Å². The topological polar surface area (TPSA) is 72.8 Å². The van der Waals surface area contributed by atoms with Crippen molar-refractivity contribution in [3.63, 3.8) is 0 Å². The lowest BCUT2D eigenvalue weighted by Gasteiger charge is -2.17. The Morgan fingerprint density at radius 2 is 2.15 bits per heavy atom. The summed E-state index contributed by atoms with van der Waals surface area (Å²) < 4.78 is 0. The van der Waals surface area contributed by atoms with E-state index in [-0.39, 0.29) is 11.6 Å². The number of hydrogen-bond acceptors (Lipinski definition) is 4. The summed E-state index contributed by atoms with van der Waals surface area (Å²) in [5.41, 5.74) is 1.23. The summed E-state index contributed by atoms with van der Waals surface area (Å²) in [7, 11) is 0. The van der Waals surface area contributed by atoms with Crippen LogP contribution in [0, 0.1) is 11.5 Å². The molecule has 3 rings (SSSR count). The van der Waals surface area contributed by atoms with Crippen molar-refractivity contribution in [3.05, 3.63) is 52.7 Å². The van der Waals surface area contributed by atoms with Gasteiger partial charge in [-0.15, -0.1) is 0 Å². The third-order valence-corrected chi connectivity index (χ3v) is 3.60. The van der Waals surface area contributed by atoms with Crippen molar-refractivity contribution in [2.24, 2.45) is 0 Å². The van der Waals surface area contributed by atoms with Crippen LogP contribution in [0.2, 0.25) is 0 Å². The van der Waals surface area contributed by atoms with Gasteiger partial charge in [0.2, 0.25) is 0 Å². The molecule has 0 amide bonds. The van der Waals surface area contributed by atoms with E-state index in [4.69, 9.17) is 5.26 Å². The Balaban J connectivity index is 1.97. The van der Waals surface area contributed by atoms with E-state index in [9.17, 15) is 4.79 Å². The highest BCUT2D eigenvalue weighted by atomic mass is 16.1. The van der Waals surface area contributed by atoms with Crippen LogP contribution < -0.4 is 5.56 Å². The maximum atomic E-state index is 12.2. The molecule has 100 valence electrons. The predicted molar refractivity (Wildman–Crippen MR) is 74.6 cm³/mol. The van der Waals surface area contributed by atoms with Crippen molar-refractivity contribution in [2.45, 2.75) is 18.9 Å². The monoisotopic (exact) mass is 266 g/mol. The lowest BCUT2D eigenvalue weighted by molar-refractivity contribution is 0.359. The average molecular weight is 266 g/mol. The summed E-state index contributed by atoms with van der Waals surface area (Å²) in [4.78, 5) is 21.0. The number of nitriles is 1. The number of nitrogens with zero attached hydrogens (tertiary/aromatic N) is 3. The number of benzene rings is 1. The Kier molecular flexibility index (Phi) is 3.21. The highest BCUT2D eigenvalue weighted by Gasteiger charge is 2.27. The number of H-pyrrole nitrogens is 1. The molecule has 1 aromatic heterocycles. The molecule has 5 heteroatoms. The Morgan fingerprint density at radius 1 is 1.35 bits per heavy atom. The van der Waals surface area contributed by atoms with Gasteiger partial charge in [-0.25, -0.2) is 4.98 Å². The van der Waals surface area contributed by atoms with Gasteiger partial charge in [-0.1, -0.05) is 30.3 Å². The molecule has 1 unspecified atom stereocenters. The van der Waals surface area contributed by atoms with Crippen molar-refractivity contribution in [2.75, 3.05) is 6.54 Å². The van der Waals surface area contributed by atoms with E-state index in [2.05, 4.69) is 16.2 Å². The molecule has 0 saturated carbocycles. The van der Waals surface area contributed by atoms with Crippen LogP contribution in [0.4, 0.5) is 0 Å². The first-order chi connectivity index (χ1) is 9.79. The zero-order chi connectivity index (χ0) is 13.9. The van der Waals surface area contributed by atoms with Crippen LogP contribution in [-0.4, -0.2) is 21.4 Å². The number of hydrogen-bond donors (Lipinski definition) is 1. The van der Waals surface area contributed by atoms with Gasteiger partial charge in [0, 0.05) is 12.7 Å². The van der Waals surface area contributed by atoms with Gasteiger partial charge < -0.3 is 9.88 Å². The maximum Gasteiger partial charge on any atom is 0.258 e. The van der Waals surface area contributed by atoms with E-state index in [1.165, 1.54) is 0 Å². The van der Waals surface area contributed by atoms with Crippen molar-refractivity contribution in [3.8, 4) is 17.3 Å².